The number of primary amides is 1. The Morgan fingerprint density at radius 1 is 1.17 bits per heavy atom. The maximum Gasteiger partial charge on any atom is 0.233 e. The molecule has 164 valence electrons. The van der Waals surface area contributed by atoms with E-state index in [4.69, 9.17) is 26.8 Å². The summed E-state index contributed by atoms with van der Waals surface area (Å²) in [5, 5.41) is 0.831. The molecule has 4 heterocycles. The topological polar surface area (TPSA) is 111 Å². The fraction of sp³-hybridized carbons (Fsp3) is 0.684. The molecule has 1 spiro atoms. The molecule has 0 unspecified atom stereocenters. The first kappa shape index (κ1) is 21.6. The Kier molecular flexibility index (Phi) is 6.66. The van der Waals surface area contributed by atoms with E-state index in [-0.39, 0.29) is 23.5 Å². The fourth-order valence-electron chi connectivity index (χ4n) is 4.11. The fourth-order valence-corrected chi connectivity index (χ4v) is 5.09. The second-order valence-electron chi connectivity index (χ2n) is 7.77. The molecule has 0 atom stereocenters. The molecule has 2 amide bonds. The van der Waals surface area contributed by atoms with Gasteiger partial charge in [-0.05, 0) is 12.8 Å². The van der Waals surface area contributed by atoms with Crippen LogP contribution in [0.15, 0.2) is 11.2 Å². The van der Waals surface area contributed by atoms with Crippen LogP contribution < -0.4 is 10.6 Å². The van der Waals surface area contributed by atoms with Gasteiger partial charge < -0.3 is 25.0 Å². The van der Waals surface area contributed by atoms with Crippen molar-refractivity contribution in [3.8, 4) is 0 Å². The molecule has 11 heteroatoms. The number of ether oxygens (including phenoxy) is 2. The number of likely N-dealkylation sites (tertiary alicyclic amines) is 1. The number of carbonyl (C=O) groups excluding carboxylic acids is 2. The van der Waals surface area contributed by atoms with E-state index in [1.165, 1.54) is 11.8 Å². The molecule has 0 aromatic carbocycles. The molecule has 3 aliphatic rings. The predicted molar refractivity (Wildman–Crippen MR) is 112 cm³/mol. The maximum absolute atomic E-state index is 12.5. The normalized spacial score (nSPS) is 21.9. The standard InChI is InChI=1S/C19H26ClN5O4S/c20-14-11-15(24-7-3-19(4-8-24)28-9-10-29-19)23-18(22-14)30-12-16(26)25-5-1-13(2-6-25)17(21)27/h11,13H,1-10,12H2,(H2,21,27). The highest BCUT2D eigenvalue weighted by Gasteiger charge is 2.40. The predicted octanol–water partition coefficient (Wildman–Crippen LogP) is 1.29. The molecule has 2 N–H and O–H groups in total. The number of carbonyl (C=O) groups is 2. The average molecular weight is 456 g/mol. The van der Waals surface area contributed by atoms with Crippen LogP contribution in [0.3, 0.4) is 0 Å². The summed E-state index contributed by atoms with van der Waals surface area (Å²) in [7, 11) is 0. The van der Waals surface area contributed by atoms with Crippen LogP contribution in [0.2, 0.25) is 5.15 Å². The van der Waals surface area contributed by atoms with Crippen molar-refractivity contribution in [1.82, 2.24) is 14.9 Å². The third-order valence-corrected chi connectivity index (χ3v) is 6.92. The van der Waals surface area contributed by atoms with Crippen molar-refractivity contribution in [1.29, 1.82) is 0 Å². The largest absolute Gasteiger partial charge is 0.369 e. The Labute approximate surface area is 184 Å². The van der Waals surface area contributed by atoms with Gasteiger partial charge in [-0.25, -0.2) is 9.97 Å². The number of aromatic nitrogens is 2. The van der Waals surface area contributed by atoms with Crippen molar-refractivity contribution >= 4 is 41.0 Å². The molecular formula is C19H26ClN5O4S. The molecule has 30 heavy (non-hydrogen) atoms. The van der Waals surface area contributed by atoms with Crippen LogP contribution in [0.1, 0.15) is 25.7 Å². The van der Waals surface area contributed by atoms with Crippen LogP contribution in [-0.2, 0) is 19.1 Å². The first-order chi connectivity index (χ1) is 14.4. The summed E-state index contributed by atoms with van der Waals surface area (Å²) in [5.41, 5.74) is 5.35. The van der Waals surface area contributed by atoms with Gasteiger partial charge in [-0.15, -0.1) is 0 Å². The first-order valence-corrected chi connectivity index (χ1v) is 11.6. The summed E-state index contributed by atoms with van der Waals surface area (Å²) < 4.78 is 11.6. The number of hydrogen-bond acceptors (Lipinski definition) is 8. The molecular weight excluding hydrogens is 430 g/mol. The lowest BCUT2D eigenvalue weighted by molar-refractivity contribution is -0.169. The van der Waals surface area contributed by atoms with Gasteiger partial charge in [0.15, 0.2) is 10.9 Å². The molecule has 3 saturated heterocycles. The van der Waals surface area contributed by atoms with Gasteiger partial charge in [0.2, 0.25) is 11.8 Å². The van der Waals surface area contributed by atoms with Gasteiger partial charge in [-0.1, -0.05) is 23.4 Å². The van der Waals surface area contributed by atoms with E-state index in [0.29, 0.717) is 49.5 Å². The molecule has 4 rings (SSSR count). The lowest BCUT2D eigenvalue weighted by atomic mass is 9.96. The number of halogens is 1. The highest BCUT2D eigenvalue weighted by atomic mass is 35.5. The van der Waals surface area contributed by atoms with Crippen LogP contribution in [0.5, 0.6) is 0 Å². The summed E-state index contributed by atoms with van der Waals surface area (Å²) in [4.78, 5) is 36.6. The Morgan fingerprint density at radius 3 is 2.47 bits per heavy atom. The van der Waals surface area contributed by atoms with E-state index in [2.05, 4.69) is 14.9 Å². The van der Waals surface area contributed by atoms with Gasteiger partial charge in [0.05, 0.1) is 19.0 Å². The molecule has 3 fully saturated rings. The van der Waals surface area contributed by atoms with Gasteiger partial charge in [-0.3, -0.25) is 9.59 Å². The minimum Gasteiger partial charge on any atom is -0.369 e. The number of piperidine rings is 2. The van der Waals surface area contributed by atoms with E-state index in [0.717, 1.165) is 31.7 Å². The average Bonchev–Trinajstić information content (AvgIpc) is 3.20. The molecule has 0 saturated carbocycles. The number of rotatable bonds is 5. The smallest absolute Gasteiger partial charge is 0.233 e. The Hall–Kier alpha value is -1.62. The molecule has 0 aliphatic carbocycles. The zero-order chi connectivity index (χ0) is 21.1. The van der Waals surface area contributed by atoms with Gasteiger partial charge in [-0.2, -0.15) is 0 Å². The van der Waals surface area contributed by atoms with E-state index in [1.807, 2.05) is 0 Å². The summed E-state index contributed by atoms with van der Waals surface area (Å²) in [6, 6.07) is 1.75. The second kappa shape index (κ2) is 9.25. The van der Waals surface area contributed by atoms with Gasteiger partial charge in [0.1, 0.15) is 11.0 Å². The van der Waals surface area contributed by atoms with E-state index in [9.17, 15) is 9.59 Å². The van der Waals surface area contributed by atoms with Crippen LogP contribution in [0, 0.1) is 5.92 Å². The Morgan fingerprint density at radius 2 is 1.83 bits per heavy atom. The van der Waals surface area contributed by atoms with Crippen molar-refractivity contribution in [2.45, 2.75) is 36.6 Å². The lowest BCUT2D eigenvalue weighted by Crippen LogP contribution is -2.45. The highest BCUT2D eigenvalue weighted by Crippen LogP contribution is 2.33. The summed E-state index contributed by atoms with van der Waals surface area (Å²) >= 11 is 7.49. The van der Waals surface area contributed by atoms with E-state index in [1.54, 1.807) is 11.0 Å². The zero-order valence-electron chi connectivity index (χ0n) is 16.7. The maximum atomic E-state index is 12.5. The summed E-state index contributed by atoms with van der Waals surface area (Å²) in [6.45, 7) is 3.90. The number of amides is 2. The molecule has 1 aromatic rings. The molecule has 3 aliphatic heterocycles. The SMILES string of the molecule is NC(=O)C1CCN(C(=O)CSc2nc(Cl)cc(N3CCC4(CC3)OCCO4)n2)CC1. The minimum absolute atomic E-state index is 0.00323. The first-order valence-electron chi connectivity index (χ1n) is 10.2. The summed E-state index contributed by atoms with van der Waals surface area (Å²) in [6.07, 6.45) is 2.79. The number of nitrogens with two attached hydrogens (primary N) is 1. The van der Waals surface area contributed by atoms with E-state index < -0.39 is 5.79 Å². The third kappa shape index (κ3) is 4.99. The van der Waals surface area contributed by atoms with Gasteiger partial charge in [0, 0.05) is 51.0 Å². The quantitative estimate of drug-likeness (QED) is 0.401. The van der Waals surface area contributed by atoms with Gasteiger partial charge >= 0.3 is 0 Å². The number of anilines is 1. The summed E-state index contributed by atoms with van der Waals surface area (Å²) in [5.74, 6) is 0.115. The number of nitrogens with zero attached hydrogens (tertiary/aromatic N) is 4. The van der Waals surface area contributed by atoms with Crippen molar-refractivity contribution in [3.63, 3.8) is 0 Å². The second-order valence-corrected chi connectivity index (χ2v) is 9.10. The van der Waals surface area contributed by atoms with Crippen molar-refractivity contribution in [3.05, 3.63) is 11.2 Å². The van der Waals surface area contributed by atoms with Crippen LogP contribution in [0.4, 0.5) is 5.82 Å². The van der Waals surface area contributed by atoms with Crippen LogP contribution in [0.25, 0.3) is 0 Å². The molecule has 9 nitrogen and oxygen atoms in total. The number of thioether (sulfide) groups is 1. The minimum atomic E-state index is -0.445. The monoisotopic (exact) mass is 455 g/mol. The number of hydrogen-bond donors (Lipinski definition) is 1. The third-order valence-electron chi connectivity index (χ3n) is 5.90. The lowest BCUT2D eigenvalue weighted by Gasteiger charge is -2.38. The Balaban J connectivity index is 1.31. The zero-order valence-corrected chi connectivity index (χ0v) is 18.3. The molecule has 0 radical (unpaired) electrons. The highest BCUT2D eigenvalue weighted by molar-refractivity contribution is 7.99. The van der Waals surface area contributed by atoms with Crippen molar-refractivity contribution in [2.75, 3.05) is 50.0 Å². The Bertz CT molecular complexity index is 789. The van der Waals surface area contributed by atoms with Crippen molar-refractivity contribution in [2.24, 2.45) is 11.7 Å². The van der Waals surface area contributed by atoms with Gasteiger partial charge in [0.25, 0.3) is 0 Å². The van der Waals surface area contributed by atoms with E-state index >= 15 is 0 Å². The van der Waals surface area contributed by atoms with Crippen LogP contribution in [-0.4, -0.2) is 77.6 Å². The molecule has 1 aromatic heterocycles. The molecule has 0 bridgehead atoms. The van der Waals surface area contributed by atoms with Crippen LogP contribution >= 0.6 is 23.4 Å². The van der Waals surface area contributed by atoms with Crippen molar-refractivity contribution < 1.29 is 19.1 Å².